The van der Waals surface area contributed by atoms with Crippen molar-refractivity contribution in [3.63, 3.8) is 0 Å². The lowest BCUT2D eigenvalue weighted by Crippen LogP contribution is -2.12. The number of sulfonamides is 1. The monoisotopic (exact) mass is 378 g/mol. The van der Waals surface area contributed by atoms with Gasteiger partial charge in [0, 0.05) is 11.4 Å². The number of hydrogen-bond acceptors (Lipinski definition) is 4. The van der Waals surface area contributed by atoms with Gasteiger partial charge in [0.1, 0.15) is 10.0 Å². The van der Waals surface area contributed by atoms with Crippen LogP contribution in [0, 0.1) is 12.7 Å². The molecule has 0 atom stereocenters. The Balaban J connectivity index is 2.35. The van der Waals surface area contributed by atoms with Crippen molar-refractivity contribution < 1.29 is 12.8 Å². The minimum Gasteiger partial charge on any atom is -0.326 e. The average Bonchev–Trinajstić information content (AvgIpc) is 2.85. The molecular formula is C12H12BrFN2O2S2. The maximum atomic E-state index is 13.5. The predicted octanol–water partition coefficient (Wildman–Crippen LogP) is 3.22. The molecule has 3 N–H and O–H groups in total. The molecule has 2 rings (SSSR count). The molecule has 0 aliphatic rings. The summed E-state index contributed by atoms with van der Waals surface area (Å²) in [5.41, 5.74) is 6.30. The molecule has 0 radical (unpaired) electrons. The van der Waals surface area contributed by atoms with Crippen molar-refractivity contribution in [1.29, 1.82) is 0 Å². The number of aryl methyl sites for hydroxylation is 1. The first-order valence-corrected chi connectivity index (χ1v) is 8.70. The fourth-order valence-electron chi connectivity index (χ4n) is 1.56. The zero-order chi connectivity index (χ0) is 14.9. The summed E-state index contributed by atoms with van der Waals surface area (Å²) in [5.74, 6) is -0.526. The Labute approximate surface area is 129 Å². The van der Waals surface area contributed by atoms with Crippen LogP contribution in [0.2, 0.25) is 0 Å². The molecule has 0 fully saturated rings. The Kier molecular flexibility index (Phi) is 4.48. The Hall–Kier alpha value is -0.960. The van der Waals surface area contributed by atoms with E-state index in [4.69, 9.17) is 5.73 Å². The maximum absolute atomic E-state index is 13.5. The molecule has 0 bridgehead atoms. The molecule has 1 aromatic carbocycles. The molecule has 0 saturated carbocycles. The first-order valence-electron chi connectivity index (χ1n) is 5.60. The molecular weight excluding hydrogens is 367 g/mol. The minimum absolute atomic E-state index is 0.153. The first kappa shape index (κ1) is 15.4. The van der Waals surface area contributed by atoms with E-state index in [9.17, 15) is 12.8 Å². The number of nitrogens with one attached hydrogen (secondary N) is 1. The Morgan fingerprint density at radius 3 is 2.70 bits per heavy atom. The van der Waals surface area contributed by atoms with E-state index in [0.717, 1.165) is 22.3 Å². The van der Waals surface area contributed by atoms with E-state index in [1.807, 2.05) is 0 Å². The van der Waals surface area contributed by atoms with Gasteiger partial charge in [-0.2, -0.15) is 0 Å². The molecule has 0 aliphatic carbocycles. The number of nitrogens with two attached hydrogens (primary N) is 1. The first-order chi connectivity index (χ1) is 9.33. The van der Waals surface area contributed by atoms with Crippen molar-refractivity contribution in [1.82, 2.24) is 0 Å². The third kappa shape index (κ3) is 3.20. The summed E-state index contributed by atoms with van der Waals surface area (Å²) in [6.45, 7) is 1.98. The lowest BCUT2D eigenvalue weighted by Gasteiger charge is -2.10. The van der Waals surface area contributed by atoms with Gasteiger partial charge in [-0.05, 0) is 52.7 Å². The van der Waals surface area contributed by atoms with Gasteiger partial charge in [0.15, 0.2) is 0 Å². The average molecular weight is 379 g/mol. The Bertz CT molecular complexity index is 744. The predicted molar refractivity (Wildman–Crippen MR) is 81.9 cm³/mol. The van der Waals surface area contributed by atoms with Gasteiger partial charge in [-0.25, -0.2) is 12.8 Å². The van der Waals surface area contributed by atoms with Crippen LogP contribution < -0.4 is 10.5 Å². The van der Waals surface area contributed by atoms with Crippen molar-refractivity contribution in [3.05, 3.63) is 45.0 Å². The molecule has 0 aliphatic heterocycles. The van der Waals surface area contributed by atoms with Crippen LogP contribution in [0.4, 0.5) is 10.1 Å². The highest BCUT2D eigenvalue weighted by atomic mass is 79.9. The van der Waals surface area contributed by atoms with Crippen LogP contribution in [0.1, 0.15) is 10.4 Å². The highest BCUT2D eigenvalue weighted by Crippen LogP contribution is 2.28. The van der Waals surface area contributed by atoms with Crippen LogP contribution in [0.25, 0.3) is 0 Å². The molecule has 8 heteroatoms. The van der Waals surface area contributed by atoms with Crippen LogP contribution in [0.3, 0.4) is 0 Å². The van der Waals surface area contributed by atoms with Gasteiger partial charge < -0.3 is 5.73 Å². The summed E-state index contributed by atoms with van der Waals surface area (Å²) in [6, 6.07) is 5.81. The molecule has 2 aromatic rings. The highest BCUT2D eigenvalue weighted by Gasteiger charge is 2.18. The van der Waals surface area contributed by atoms with Gasteiger partial charge in [0.25, 0.3) is 10.0 Å². The van der Waals surface area contributed by atoms with Gasteiger partial charge >= 0.3 is 0 Å². The summed E-state index contributed by atoms with van der Waals surface area (Å²) in [7, 11) is -3.72. The molecule has 20 heavy (non-hydrogen) atoms. The molecule has 1 heterocycles. The number of halogens is 2. The second-order valence-corrected chi connectivity index (χ2v) is 8.04. The van der Waals surface area contributed by atoms with Gasteiger partial charge in [-0.15, -0.1) is 11.3 Å². The van der Waals surface area contributed by atoms with E-state index in [0.29, 0.717) is 10.0 Å². The zero-order valence-electron chi connectivity index (χ0n) is 10.5. The van der Waals surface area contributed by atoms with Crippen molar-refractivity contribution in [2.24, 2.45) is 5.73 Å². The molecule has 0 spiro atoms. The van der Waals surface area contributed by atoms with Gasteiger partial charge in [0.05, 0.1) is 10.2 Å². The van der Waals surface area contributed by atoms with Crippen LogP contribution in [0.5, 0.6) is 0 Å². The summed E-state index contributed by atoms with van der Waals surface area (Å²) in [4.78, 5) is 0.768. The maximum Gasteiger partial charge on any atom is 0.271 e. The van der Waals surface area contributed by atoms with E-state index in [1.54, 1.807) is 13.0 Å². The Morgan fingerprint density at radius 1 is 1.40 bits per heavy atom. The quantitative estimate of drug-likeness (QED) is 0.857. The largest absolute Gasteiger partial charge is 0.326 e. The molecule has 0 saturated heterocycles. The second-order valence-electron chi connectivity index (χ2n) is 4.11. The SMILES string of the molecule is Cc1cc(Br)c(F)cc1NS(=O)(=O)c1ccc(CN)s1. The number of benzene rings is 1. The summed E-state index contributed by atoms with van der Waals surface area (Å²) in [6.07, 6.45) is 0. The van der Waals surface area contributed by atoms with Crippen molar-refractivity contribution >= 4 is 43.0 Å². The Morgan fingerprint density at radius 2 is 2.10 bits per heavy atom. The number of anilines is 1. The summed E-state index contributed by atoms with van der Waals surface area (Å²) < 4.78 is 40.7. The normalized spacial score (nSPS) is 11.6. The van der Waals surface area contributed by atoms with E-state index < -0.39 is 15.8 Å². The van der Waals surface area contributed by atoms with Crippen LogP contribution in [0.15, 0.2) is 32.9 Å². The van der Waals surface area contributed by atoms with Gasteiger partial charge in [-0.1, -0.05) is 0 Å². The van der Waals surface area contributed by atoms with Crippen LogP contribution >= 0.6 is 27.3 Å². The van der Waals surface area contributed by atoms with Crippen molar-refractivity contribution in [3.8, 4) is 0 Å². The van der Waals surface area contributed by atoms with E-state index in [2.05, 4.69) is 20.7 Å². The summed E-state index contributed by atoms with van der Waals surface area (Å²) >= 11 is 4.15. The number of hydrogen-bond donors (Lipinski definition) is 2. The van der Waals surface area contributed by atoms with Crippen molar-refractivity contribution in [2.45, 2.75) is 17.7 Å². The lowest BCUT2D eigenvalue weighted by atomic mass is 10.2. The van der Waals surface area contributed by atoms with Crippen LogP contribution in [-0.4, -0.2) is 8.42 Å². The molecule has 4 nitrogen and oxygen atoms in total. The second kappa shape index (κ2) is 5.80. The van der Waals surface area contributed by atoms with E-state index in [-0.39, 0.29) is 16.4 Å². The van der Waals surface area contributed by atoms with Gasteiger partial charge in [0.2, 0.25) is 0 Å². The molecule has 108 valence electrons. The standard InChI is InChI=1S/C12H12BrFN2O2S2/c1-7-4-9(13)10(14)5-11(7)16-20(17,18)12-3-2-8(6-15)19-12/h2-5,16H,6,15H2,1H3. The van der Waals surface area contributed by atoms with Crippen molar-refractivity contribution in [2.75, 3.05) is 4.72 Å². The lowest BCUT2D eigenvalue weighted by molar-refractivity contribution is 0.603. The summed E-state index contributed by atoms with van der Waals surface area (Å²) in [5, 5.41) is 0. The van der Waals surface area contributed by atoms with Gasteiger partial charge in [-0.3, -0.25) is 4.72 Å². The third-order valence-electron chi connectivity index (χ3n) is 2.61. The number of rotatable bonds is 4. The highest BCUT2D eigenvalue weighted by molar-refractivity contribution is 9.10. The number of thiophene rings is 1. The molecule has 0 amide bonds. The molecule has 1 aromatic heterocycles. The fraction of sp³-hybridized carbons (Fsp3) is 0.167. The topological polar surface area (TPSA) is 72.2 Å². The third-order valence-corrected chi connectivity index (χ3v) is 6.19. The zero-order valence-corrected chi connectivity index (χ0v) is 13.7. The fourth-order valence-corrected chi connectivity index (χ4v) is 4.38. The van der Waals surface area contributed by atoms with E-state index >= 15 is 0 Å². The van der Waals surface area contributed by atoms with E-state index in [1.165, 1.54) is 12.1 Å². The smallest absolute Gasteiger partial charge is 0.271 e. The minimum atomic E-state index is -3.72. The molecule has 0 unspecified atom stereocenters. The van der Waals surface area contributed by atoms with Crippen LogP contribution in [-0.2, 0) is 16.6 Å².